The maximum atomic E-state index is 12.4. The molecular weight excluding hydrogens is 257 g/mol. The first kappa shape index (κ1) is 15.5. The lowest BCUT2D eigenvalue weighted by atomic mass is 9.96. The van der Waals surface area contributed by atoms with Crippen LogP contribution in [0, 0.1) is 0 Å². The molecule has 1 N–H and O–H groups in total. The number of hydrogen-bond acceptors (Lipinski definition) is 4. The summed E-state index contributed by atoms with van der Waals surface area (Å²) in [4.78, 5) is 9.55. The summed E-state index contributed by atoms with van der Waals surface area (Å²) >= 11 is 0. The van der Waals surface area contributed by atoms with Crippen molar-refractivity contribution in [1.82, 2.24) is 9.97 Å². The number of aromatic nitrogens is 2. The minimum Gasteiger partial charge on any atom is -0.373 e. The van der Waals surface area contributed by atoms with Crippen LogP contribution in [0.4, 0.5) is 24.8 Å². The van der Waals surface area contributed by atoms with Crippen molar-refractivity contribution >= 4 is 11.6 Å². The van der Waals surface area contributed by atoms with Crippen LogP contribution in [0.25, 0.3) is 0 Å². The number of alkyl halides is 3. The first-order chi connectivity index (χ1) is 8.53. The summed E-state index contributed by atoms with van der Waals surface area (Å²) in [5.74, 6) is 1.26. The van der Waals surface area contributed by atoms with Gasteiger partial charge in [-0.3, -0.25) is 0 Å². The SMILES string of the molecule is CNc1cc(N(C)CC(F)(F)F)nc(C(C)(C)C)n1. The van der Waals surface area contributed by atoms with Crippen LogP contribution in [0.3, 0.4) is 0 Å². The van der Waals surface area contributed by atoms with E-state index in [0.717, 1.165) is 4.90 Å². The van der Waals surface area contributed by atoms with Gasteiger partial charge in [0.15, 0.2) is 0 Å². The fourth-order valence-corrected chi connectivity index (χ4v) is 1.44. The van der Waals surface area contributed by atoms with Crippen LogP contribution in [0.15, 0.2) is 6.07 Å². The van der Waals surface area contributed by atoms with E-state index >= 15 is 0 Å². The van der Waals surface area contributed by atoms with E-state index in [4.69, 9.17) is 0 Å². The molecule has 0 radical (unpaired) electrons. The third-order valence-corrected chi connectivity index (χ3v) is 2.45. The zero-order valence-electron chi connectivity index (χ0n) is 11.8. The number of halogens is 3. The molecule has 1 heterocycles. The summed E-state index contributed by atoms with van der Waals surface area (Å²) in [6.45, 7) is 4.69. The Balaban J connectivity index is 3.13. The Morgan fingerprint density at radius 1 is 1.21 bits per heavy atom. The Morgan fingerprint density at radius 3 is 2.21 bits per heavy atom. The molecule has 19 heavy (non-hydrogen) atoms. The standard InChI is InChI=1S/C12H19F3N4/c1-11(2,3)10-17-8(16-4)6-9(18-10)19(5)7-12(13,14)15/h6H,7H2,1-5H3,(H,16,17,18). The number of nitrogens with zero attached hydrogens (tertiary/aromatic N) is 3. The Kier molecular flexibility index (Phi) is 4.27. The molecule has 1 rings (SSSR count). The van der Waals surface area contributed by atoms with Crippen molar-refractivity contribution in [2.75, 3.05) is 30.9 Å². The van der Waals surface area contributed by atoms with E-state index in [1.54, 1.807) is 7.05 Å². The molecule has 4 nitrogen and oxygen atoms in total. The van der Waals surface area contributed by atoms with Crippen LogP contribution in [-0.4, -0.2) is 36.8 Å². The van der Waals surface area contributed by atoms with Crippen molar-refractivity contribution in [3.05, 3.63) is 11.9 Å². The molecule has 0 saturated carbocycles. The number of rotatable bonds is 3. The molecule has 0 bridgehead atoms. The van der Waals surface area contributed by atoms with Crippen LogP contribution >= 0.6 is 0 Å². The van der Waals surface area contributed by atoms with E-state index in [9.17, 15) is 13.2 Å². The van der Waals surface area contributed by atoms with Gasteiger partial charge in [0.25, 0.3) is 0 Å². The first-order valence-electron chi connectivity index (χ1n) is 5.88. The second-order valence-corrected chi connectivity index (χ2v) is 5.41. The highest BCUT2D eigenvalue weighted by molar-refractivity contribution is 5.49. The van der Waals surface area contributed by atoms with Gasteiger partial charge in [0, 0.05) is 25.6 Å². The predicted octanol–water partition coefficient (Wildman–Crippen LogP) is 2.81. The van der Waals surface area contributed by atoms with E-state index < -0.39 is 12.7 Å². The second kappa shape index (κ2) is 5.22. The number of hydrogen-bond donors (Lipinski definition) is 1. The molecule has 0 aliphatic carbocycles. The molecule has 0 atom stereocenters. The molecular formula is C12H19F3N4. The maximum absolute atomic E-state index is 12.4. The van der Waals surface area contributed by atoms with E-state index in [1.165, 1.54) is 13.1 Å². The van der Waals surface area contributed by atoms with Crippen molar-refractivity contribution < 1.29 is 13.2 Å². The normalized spacial score (nSPS) is 12.4. The summed E-state index contributed by atoms with van der Waals surface area (Å²) in [7, 11) is 3.03. The molecule has 0 aliphatic heterocycles. The predicted molar refractivity (Wildman–Crippen MR) is 69.6 cm³/mol. The van der Waals surface area contributed by atoms with Gasteiger partial charge in [0.05, 0.1) is 0 Å². The van der Waals surface area contributed by atoms with E-state index in [1.807, 2.05) is 20.8 Å². The Hall–Kier alpha value is -1.53. The van der Waals surface area contributed by atoms with Crippen LogP contribution < -0.4 is 10.2 Å². The highest BCUT2D eigenvalue weighted by Gasteiger charge is 2.30. The van der Waals surface area contributed by atoms with Gasteiger partial charge in [-0.15, -0.1) is 0 Å². The average molecular weight is 276 g/mol. The maximum Gasteiger partial charge on any atom is 0.405 e. The summed E-state index contributed by atoms with van der Waals surface area (Å²) in [6, 6.07) is 1.50. The lowest BCUT2D eigenvalue weighted by molar-refractivity contribution is -0.119. The fourth-order valence-electron chi connectivity index (χ4n) is 1.44. The van der Waals surface area contributed by atoms with Gasteiger partial charge >= 0.3 is 6.18 Å². The Labute approximate surface area is 111 Å². The van der Waals surface area contributed by atoms with E-state index in [2.05, 4.69) is 15.3 Å². The molecule has 0 amide bonds. The molecule has 0 unspecified atom stereocenters. The highest BCUT2D eigenvalue weighted by Crippen LogP contribution is 2.25. The molecule has 7 heteroatoms. The van der Waals surface area contributed by atoms with Gasteiger partial charge in [-0.05, 0) is 0 Å². The summed E-state index contributed by atoms with van der Waals surface area (Å²) < 4.78 is 37.2. The Bertz CT molecular complexity index is 438. The van der Waals surface area contributed by atoms with Crippen LogP contribution in [0.1, 0.15) is 26.6 Å². The molecule has 1 aromatic heterocycles. The van der Waals surface area contributed by atoms with E-state index in [-0.39, 0.29) is 11.2 Å². The van der Waals surface area contributed by atoms with Crippen molar-refractivity contribution in [2.45, 2.75) is 32.4 Å². The van der Waals surface area contributed by atoms with Crippen LogP contribution in [0.5, 0.6) is 0 Å². The lowest BCUT2D eigenvalue weighted by Crippen LogP contribution is -2.32. The minimum atomic E-state index is -4.26. The third-order valence-electron chi connectivity index (χ3n) is 2.45. The lowest BCUT2D eigenvalue weighted by Gasteiger charge is -2.23. The van der Waals surface area contributed by atoms with Crippen molar-refractivity contribution in [3.63, 3.8) is 0 Å². The molecule has 0 fully saturated rings. The van der Waals surface area contributed by atoms with Gasteiger partial charge in [-0.1, -0.05) is 20.8 Å². The molecule has 0 spiro atoms. The number of anilines is 2. The summed E-state index contributed by atoms with van der Waals surface area (Å²) in [5, 5.41) is 2.84. The molecule has 0 saturated heterocycles. The molecule has 1 aromatic rings. The van der Waals surface area contributed by atoms with Gasteiger partial charge in [-0.2, -0.15) is 13.2 Å². The average Bonchev–Trinajstić information content (AvgIpc) is 2.25. The van der Waals surface area contributed by atoms with Crippen LogP contribution in [0.2, 0.25) is 0 Å². The second-order valence-electron chi connectivity index (χ2n) is 5.41. The Morgan fingerprint density at radius 2 is 1.79 bits per heavy atom. The van der Waals surface area contributed by atoms with Gasteiger partial charge in [-0.25, -0.2) is 9.97 Å². The quantitative estimate of drug-likeness (QED) is 0.921. The van der Waals surface area contributed by atoms with Gasteiger partial charge in [0.2, 0.25) is 0 Å². The van der Waals surface area contributed by atoms with Crippen molar-refractivity contribution in [1.29, 1.82) is 0 Å². The fraction of sp³-hybridized carbons (Fsp3) is 0.667. The molecule has 108 valence electrons. The van der Waals surface area contributed by atoms with E-state index in [0.29, 0.717) is 11.6 Å². The smallest absolute Gasteiger partial charge is 0.373 e. The summed E-state index contributed by atoms with van der Waals surface area (Å²) in [5.41, 5.74) is -0.333. The van der Waals surface area contributed by atoms with Gasteiger partial charge < -0.3 is 10.2 Å². The highest BCUT2D eigenvalue weighted by atomic mass is 19.4. The third kappa shape index (κ3) is 4.57. The molecule has 0 aromatic carbocycles. The van der Waals surface area contributed by atoms with Gasteiger partial charge in [0.1, 0.15) is 24.0 Å². The largest absolute Gasteiger partial charge is 0.405 e. The van der Waals surface area contributed by atoms with Crippen LogP contribution in [-0.2, 0) is 5.41 Å². The first-order valence-corrected chi connectivity index (χ1v) is 5.88. The monoisotopic (exact) mass is 276 g/mol. The number of nitrogens with one attached hydrogen (secondary N) is 1. The summed E-state index contributed by atoms with van der Waals surface area (Å²) in [6.07, 6.45) is -4.26. The zero-order valence-corrected chi connectivity index (χ0v) is 11.8. The minimum absolute atomic E-state index is 0.251. The zero-order chi connectivity index (χ0) is 14.8. The molecule has 0 aliphatic rings. The topological polar surface area (TPSA) is 41.0 Å². The van der Waals surface area contributed by atoms with Crippen molar-refractivity contribution in [3.8, 4) is 0 Å². The van der Waals surface area contributed by atoms with Crippen molar-refractivity contribution in [2.24, 2.45) is 0 Å².